The number of fused-ring (bicyclic) bond motifs is 3. The fourth-order valence-corrected chi connectivity index (χ4v) is 6.17. The lowest BCUT2D eigenvalue weighted by molar-refractivity contribution is -0.153. The Morgan fingerprint density at radius 3 is 2.44 bits per heavy atom. The van der Waals surface area contributed by atoms with Gasteiger partial charge in [-0.3, -0.25) is 24.6 Å². The molecule has 7 N–H and O–H groups in total. The van der Waals surface area contributed by atoms with Gasteiger partial charge in [-0.05, 0) is 50.9 Å². The van der Waals surface area contributed by atoms with E-state index in [4.69, 9.17) is 10.5 Å². The van der Waals surface area contributed by atoms with Crippen LogP contribution in [0.3, 0.4) is 0 Å². The number of Topliss-reactive ketones (excluding diaryl/α,β-unsaturated/α-hetero) is 2. The summed E-state index contributed by atoms with van der Waals surface area (Å²) in [6, 6.07) is 0.329. The molecule has 0 spiro atoms. The maximum atomic E-state index is 14.0. The molecule has 0 saturated heterocycles. The van der Waals surface area contributed by atoms with E-state index in [2.05, 4.69) is 11.9 Å². The number of ether oxygens (including phenoxy) is 1. The van der Waals surface area contributed by atoms with Gasteiger partial charge in [-0.15, -0.1) is 6.58 Å². The number of aromatic hydroxyl groups is 1. The molecule has 0 bridgehead atoms. The smallest absolute Gasteiger partial charge is 0.411 e. The Kier molecular flexibility index (Phi) is 7.63. The van der Waals surface area contributed by atoms with E-state index in [9.17, 15) is 39.6 Å². The van der Waals surface area contributed by atoms with Gasteiger partial charge in [0, 0.05) is 31.3 Å². The fraction of sp³-hybridized carbons (Fsp3) is 0.429. The van der Waals surface area contributed by atoms with Crippen LogP contribution in [0.25, 0.3) is 5.76 Å². The molecule has 41 heavy (non-hydrogen) atoms. The number of carbonyl (C=O) groups excluding carboxylic acids is 4. The highest BCUT2D eigenvalue weighted by Gasteiger charge is 2.64. The zero-order valence-corrected chi connectivity index (χ0v) is 23.2. The number of hydrogen-bond donors (Lipinski definition) is 6. The maximum Gasteiger partial charge on any atom is 0.411 e. The first-order chi connectivity index (χ1) is 19.2. The Balaban J connectivity index is 1.90. The van der Waals surface area contributed by atoms with Gasteiger partial charge in [0.25, 0.3) is 5.91 Å². The first kappa shape index (κ1) is 29.6. The van der Waals surface area contributed by atoms with Crippen LogP contribution in [-0.4, -0.2) is 95.3 Å². The van der Waals surface area contributed by atoms with E-state index < -0.39 is 69.9 Å². The number of carbonyl (C=O) groups is 4. The zero-order chi connectivity index (χ0) is 30.5. The number of phenols is 1. The van der Waals surface area contributed by atoms with Gasteiger partial charge in [0.05, 0.1) is 23.9 Å². The van der Waals surface area contributed by atoms with E-state index in [1.165, 1.54) is 25.1 Å². The summed E-state index contributed by atoms with van der Waals surface area (Å²) in [5.74, 6) is -7.52. The topological polar surface area (TPSA) is 203 Å². The number of nitrogens with two attached hydrogens (primary N) is 1. The van der Waals surface area contributed by atoms with Crippen LogP contribution in [0.2, 0.25) is 0 Å². The Morgan fingerprint density at radius 2 is 1.88 bits per heavy atom. The fourth-order valence-electron chi connectivity index (χ4n) is 6.17. The molecule has 0 heterocycles. The number of nitrogens with zero attached hydrogens (tertiary/aromatic N) is 2. The molecule has 0 radical (unpaired) electrons. The molecule has 220 valence electrons. The quantitative estimate of drug-likeness (QED) is 0.119. The molecule has 1 aromatic rings. The third-order valence-corrected chi connectivity index (χ3v) is 7.97. The molecule has 3 aliphatic rings. The molecule has 2 unspecified atom stereocenters. The lowest BCUT2D eigenvalue weighted by Gasteiger charge is -2.50. The number of rotatable bonds is 7. The molecule has 1 fully saturated rings. The largest absolute Gasteiger partial charge is 0.508 e. The number of aliphatic hydroxyl groups excluding tert-OH is 2. The van der Waals surface area contributed by atoms with Crippen LogP contribution in [-0.2, 0) is 25.5 Å². The molecule has 4 rings (SSSR count). The molecule has 3 aliphatic carbocycles. The van der Waals surface area contributed by atoms with Crippen LogP contribution < -0.4 is 16.0 Å². The first-order valence-electron chi connectivity index (χ1n) is 12.9. The minimum atomic E-state index is -2.74. The number of aliphatic hydroxyl groups is 3. The van der Waals surface area contributed by atoms with Gasteiger partial charge >= 0.3 is 6.09 Å². The van der Waals surface area contributed by atoms with Crippen molar-refractivity contribution >= 4 is 40.7 Å². The summed E-state index contributed by atoms with van der Waals surface area (Å²) in [4.78, 5) is 54.8. The van der Waals surface area contributed by atoms with Gasteiger partial charge in [0.2, 0.25) is 5.78 Å². The Bertz CT molecular complexity index is 1430. The summed E-state index contributed by atoms with van der Waals surface area (Å²) in [7, 11) is 6.51. The molecule has 0 aromatic heterocycles. The van der Waals surface area contributed by atoms with Gasteiger partial charge in [0.1, 0.15) is 17.1 Å². The Hall–Kier alpha value is -4.36. The van der Waals surface area contributed by atoms with Gasteiger partial charge < -0.3 is 35.8 Å². The van der Waals surface area contributed by atoms with Crippen molar-refractivity contribution in [2.24, 2.45) is 17.6 Å². The highest BCUT2D eigenvalue weighted by atomic mass is 16.5. The number of phenolic OH excluding ortho intramolecular Hbond substituents is 1. The van der Waals surface area contributed by atoms with Crippen LogP contribution >= 0.6 is 0 Å². The van der Waals surface area contributed by atoms with Crippen LogP contribution in [0.4, 0.5) is 16.2 Å². The highest BCUT2D eigenvalue weighted by Crippen LogP contribution is 2.54. The number of ketones is 2. The predicted octanol–water partition coefficient (Wildman–Crippen LogP) is 1.15. The maximum absolute atomic E-state index is 14.0. The molecule has 2 amide bonds. The van der Waals surface area contributed by atoms with Crippen molar-refractivity contribution < 1.29 is 44.3 Å². The van der Waals surface area contributed by atoms with Gasteiger partial charge in [-0.25, -0.2) is 4.79 Å². The monoisotopic (exact) mass is 570 g/mol. The number of benzene rings is 1. The highest BCUT2D eigenvalue weighted by molar-refractivity contribution is 6.24. The minimum Gasteiger partial charge on any atom is -0.508 e. The summed E-state index contributed by atoms with van der Waals surface area (Å²) in [6.07, 6.45) is 1.19. The second-order valence-corrected chi connectivity index (χ2v) is 10.8. The van der Waals surface area contributed by atoms with Crippen molar-refractivity contribution in [2.45, 2.75) is 30.9 Å². The van der Waals surface area contributed by atoms with E-state index in [1.807, 2.05) is 0 Å². The SMILES string of the molecule is C=CCCOC(=O)Nc1cc(N(C)C)c2c(c1O)C(O)=C1C(=O)[C@]3(O)C(O)=C(C(N)=O)C(=O)[C@@H](N(C)C)C3CC1C2. The number of likely N-dealkylation sites (N-methyl/N-ethyl adjacent to an activating group) is 1. The van der Waals surface area contributed by atoms with E-state index in [0.717, 1.165) is 0 Å². The van der Waals surface area contributed by atoms with Crippen molar-refractivity contribution in [3.8, 4) is 5.75 Å². The lowest BCUT2D eigenvalue weighted by Crippen LogP contribution is -2.65. The number of nitrogens with one attached hydrogen (secondary N) is 1. The zero-order valence-electron chi connectivity index (χ0n) is 23.2. The van der Waals surface area contributed by atoms with Crippen LogP contribution in [0, 0.1) is 11.8 Å². The van der Waals surface area contributed by atoms with Crippen molar-refractivity contribution in [3.63, 3.8) is 0 Å². The molecule has 13 heteroatoms. The van der Waals surface area contributed by atoms with Crippen molar-refractivity contribution in [2.75, 3.05) is 45.0 Å². The van der Waals surface area contributed by atoms with Crippen LogP contribution in [0.15, 0.2) is 35.6 Å². The average molecular weight is 571 g/mol. The van der Waals surface area contributed by atoms with E-state index >= 15 is 0 Å². The molecule has 13 nitrogen and oxygen atoms in total. The van der Waals surface area contributed by atoms with Crippen molar-refractivity contribution in [1.82, 2.24) is 4.90 Å². The minimum absolute atomic E-state index is 0.0327. The predicted molar refractivity (Wildman–Crippen MR) is 148 cm³/mol. The average Bonchev–Trinajstić information content (AvgIpc) is 2.87. The summed E-state index contributed by atoms with van der Waals surface area (Å²) >= 11 is 0. The second kappa shape index (κ2) is 10.6. The Morgan fingerprint density at radius 1 is 1.22 bits per heavy atom. The molecule has 1 saturated carbocycles. The van der Waals surface area contributed by atoms with E-state index in [1.54, 1.807) is 25.1 Å². The number of primary amides is 1. The first-order valence-corrected chi connectivity index (χ1v) is 12.9. The summed E-state index contributed by atoms with van der Waals surface area (Å²) in [6.45, 7) is 3.60. The second-order valence-electron chi connectivity index (χ2n) is 10.8. The third kappa shape index (κ3) is 4.50. The van der Waals surface area contributed by atoms with Crippen molar-refractivity contribution in [1.29, 1.82) is 0 Å². The van der Waals surface area contributed by atoms with Crippen LogP contribution in [0.5, 0.6) is 5.75 Å². The number of amides is 2. The Labute approximate surface area is 236 Å². The summed E-state index contributed by atoms with van der Waals surface area (Å²) in [5, 5.41) is 47.8. The van der Waals surface area contributed by atoms with E-state index in [-0.39, 0.29) is 36.3 Å². The van der Waals surface area contributed by atoms with Gasteiger partial charge in [-0.2, -0.15) is 0 Å². The number of hydrogen-bond acceptors (Lipinski definition) is 11. The number of anilines is 2. The normalized spacial score (nSPS) is 25.4. The van der Waals surface area contributed by atoms with Crippen LogP contribution in [0.1, 0.15) is 24.0 Å². The molecular weight excluding hydrogens is 536 g/mol. The van der Waals surface area contributed by atoms with Gasteiger partial charge in [-0.1, -0.05) is 6.08 Å². The van der Waals surface area contributed by atoms with Gasteiger partial charge in [0.15, 0.2) is 17.1 Å². The summed E-state index contributed by atoms with van der Waals surface area (Å²) < 4.78 is 5.06. The molecule has 4 atom stereocenters. The standard InChI is InChI=1S/C28H34N4O9/c1-6-7-8-41-27(39)30-15-11-16(31(2)3)13-9-12-10-14-20(32(4)5)23(35)19(26(29)38)25(37)28(14,40)24(36)17(12)22(34)18(13)21(15)33/h6,11-12,14,20,33-34,37,40H,1,7-10H2,2-5H3,(H2,29,38)(H,30,39)/t12?,14?,20-,28-/m0/s1. The molecule has 0 aliphatic heterocycles. The molecular formula is C28H34N4O9. The lowest BCUT2D eigenvalue weighted by atomic mass is 9.57. The summed E-state index contributed by atoms with van der Waals surface area (Å²) in [5.41, 5.74) is 2.17. The molecule has 1 aromatic carbocycles. The third-order valence-electron chi connectivity index (χ3n) is 7.97. The van der Waals surface area contributed by atoms with E-state index in [0.29, 0.717) is 17.7 Å². The van der Waals surface area contributed by atoms with Crippen molar-refractivity contribution in [3.05, 3.63) is 46.8 Å².